The Morgan fingerprint density at radius 2 is 2.16 bits per heavy atom. The average molecular weight is 320 g/mol. The van der Waals surface area contributed by atoms with Crippen molar-refractivity contribution >= 4 is 15.9 Å². The van der Waals surface area contributed by atoms with E-state index in [0.717, 1.165) is 17.3 Å². The lowest BCUT2D eigenvalue weighted by atomic mass is 9.99. The second kappa shape index (κ2) is 5.47. The lowest BCUT2D eigenvalue weighted by Crippen LogP contribution is -2.22. The van der Waals surface area contributed by atoms with E-state index in [4.69, 9.17) is 5.73 Å². The van der Waals surface area contributed by atoms with E-state index in [1.54, 1.807) is 0 Å². The SMILES string of the molecule is NCC(c1cccc(Br)c1)n1cnc2c1CCCC2. The minimum Gasteiger partial charge on any atom is -0.328 e. The molecule has 2 aromatic rings. The van der Waals surface area contributed by atoms with Gasteiger partial charge in [0.25, 0.3) is 0 Å². The lowest BCUT2D eigenvalue weighted by molar-refractivity contribution is 0.547. The van der Waals surface area contributed by atoms with Gasteiger partial charge in [-0.05, 0) is 43.4 Å². The van der Waals surface area contributed by atoms with Crippen LogP contribution in [0, 0.1) is 0 Å². The van der Waals surface area contributed by atoms with Crippen LogP contribution in [0.15, 0.2) is 35.1 Å². The number of aryl methyl sites for hydroxylation is 1. The maximum Gasteiger partial charge on any atom is 0.0957 e. The van der Waals surface area contributed by atoms with Gasteiger partial charge in [0.2, 0.25) is 0 Å². The zero-order valence-corrected chi connectivity index (χ0v) is 12.4. The maximum atomic E-state index is 6.02. The molecule has 19 heavy (non-hydrogen) atoms. The minimum atomic E-state index is 0.187. The van der Waals surface area contributed by atoms with Gasteiger partial charge >= 0.3 is 0 Å². The summed E-state index contributed by atoms with van der Waals surface area (Å²) in [5.74, 6) is 0. The number of halogens is 1. The third-order valence-corrected chi connectivity index (χ3v) is 4.35. The van der Waals surface area contributed by atoms with E-state index < -0.39 is 0 Å². The molecule has 0 aliphatic heterocycles. The molecule has 1 aromatic carbocycles. The second-order valence-electron chi connectivity index (χ2n) is 5.06. The molecule has 3 nitrogen and oxygen atoms in total. The van der Waals surface area contributed by atoms with Crippen LogP contribution in [0.25, 0.3) is 0 Å². The van der Waals surface area contributed by atoms with E-state index in [1.807, 2.05) is 12.4 Å². The number of aromatic nitrogens is 2. The highest BCUT2D eigenvalue weighted by atomic mass is 79.9. The van der Waals surface area contributed by atoms with Crippen molar-refractivity contribution in [1.82, 2.24) is 9.55 Å². The van der Waals surface area contributed by atoms with E-state index in [9.17, 15) is 0 Å². The summed E-state index contributed by atoms with van der Waals surface area (Å²) in [6, 6.07) is 8.57. The highest BCUT2D eigenvalue weighted by Gasteiger charge is 2.20. The number of nitrogens with zero attached hydrogens (tertiary/aromatic N) is 2. The van der Waals surface area contributed by atoms with Gasteiger partial charge < -0.3 is 10.3 Å². The fraction of sp³-hybridized carbons (Fsp3) is 0.400. The zero-order valence-electron chi connectivity index (χ0n) is 10.8. The molecule has 100 valence electrons. The molecule has 0 amide bonds. The smallest absolute Gasteiger partial charge is 0.0957 e. The van der Waals surface area contributed by atoms with Gasteiger partial charge in [-0.25, -0.2) is 4.98 Å². The number of benzene rings is 1. The molecule has 1 aliphatic carbocycles. The summed E-state index contributed by atoms with van der Waals surface area (Å²) in [5, 5.41) is 0. The first-order valence-corrected chi connectivity index (χ1v) is 7.59. The van der Waals surface area contributed by atoms with Gasteiger partial charge in [-0.2, -0.15) is 0 Å². The molecule has 2 N–H and O–H groups in total. The van der Waals surface area contributed by atoms with Crippen LogP contribution < -0.4 is 5.73 Å². The van der Waals surface area contributed by atoms with Crippen LogP contribution in [0.4, 0.5) is 0 Å². The van der Waals surface area contributed by atoms with Crippen LogP contribution >= 0.6 is 15.9 Å². The van der Waals surface area contributed by atoms with Crippen molar-refractivity contribution in [3.8, 4) is 0 Å². The summed E-state index contributed by atoms with van der Waals surface area (Å²) >= 11 is 3.53. The topological polar surface area (TPSA) is 43.8 Å². The molecular formula is C15H18BrN3. The van der Waals surface area contributed by atoms with Gasteiger partial charge in [0, 0.05) is 16.7 Å². The van der Waals surface area contributed by atoms with Crippen molar-refractivity contribution in [3.63, 3.8) is 0 Å². The van der Waals surface area contributed by atoms with Crippen molar-refractivity contribution in [1.29, 1.82) is 0 Å². The Balaban J connectivity index is 2.01. The standard InChI is InChI=1S/C15H18BrN3/c16-12-5-3-4-11(8-12)15(9-17)19-10-18-13-6-1-2-7-14(13)19/h3-5,8,10,15H,1-2,6-7,9,17H2. The summed E-state index contributed by atoms with van der Waals surface area (Å²) in [6.07, 6.45) is 6.72. The summed E-state index contributed by atoms with van der Waals surface area (Å²) in [7, 11) is 0. The third-order valence-electron chi connectivity index (χ3n) is 3.85. The highest BCUT2D eigenvalue weighted by Crippen LogP contribution is 2.27. The van der Waals surface area contributed by atoms with Crippen LogP contribution in [0.2, 0.25) is 0 Å². The first-order chi connectivity index (χ1) is 9.29. The number of imidazole rings is 1. The first-order valence-electron chi connectivity index (χ1n) is 6.79. The van der Waals surface area contributed by atoms with Gasteiger partial charge in [0.15, 0.2) is 0 Å². The summed E-state index contributed by atoms with van der Waals surface area (Å²) in [5.41, 5.74) is 9.89. The molecular weight excluding hydrogens is 302 g/mol. The second-order valence-corrected chi connectivity index (χ2v) is 5.97. The Hall–Kier alpha value is -1.13. The first kappa shape index (κ1) is 12.9. The number of hydrogen-bond acceptors (Lipinski definition) is 2. The molecule has 1 atom stereocenters. The molecule has 1 heterocycles. The van der Waals surface area contributed by atoms with Crippen LogP contribution in [0.3, 0.4) is 0 Å². The Morgan fingerprint density at radius 1 is 1.32 bits per heavy atom. The van der Waals surface area contributed by atoms with Crippen LogP contribution in [0.5, 0.6) is 0 Å². The van der Waals surface area contributed by atoms with Gasteiger partial charge in [-0.3, -0.25) is 0 Å². The quantitative estimate of drug-likeness (QED) is 0.944. The normalized spacial score (nSPS) is 16.1. The largest absolute Gasteiger partial charge is 0.328 e. The van der Waals surface area contributed by atoms with E-state index in [0.29, 0.717) is 6.54 Å². The molecule has 0 bridgehead atoms. The molecule has 1 unspecified atom stereocenters. The van der Waals surface area contributed by atoms with Crippen LogP contribution in [-0.4, -0.2) is 16.1 Å². The van der Waals surface area contributed by atoms with E-state index in [2.05, 4.69) is 43.7 Å². The molecule has 3 rings (SSSR count). The van der Waals surface area contributed by atoms with Gasteiger partial charge in [-0.15, -0.1) is 0 Å². The lowest BCUT2D eigenvalue weighted by Gasteiger charge is -2.22. The van der Waals surface area contributed by atoms with Gasteiger partial charge in [0.05, 0.1) is 18.1 Å². The minimum absolute atomic E-state index is 0.187. The molecule has 0 fully saturated rings. The van der Waals surface area contributed by atoms with E-state index >= 15 is 0 Å². The Bertz CT molecular complexity index is 577. The number of hydrogen-bond donors (Lipinski definition) is 1. The molecule has 4 heteroatoms. The van der Waals surface area contributed by atoms with Gasteiger partial charge in [0.1, 0.15) is 0 Å². The fourth-order valence-electron chi connectivity index (χ4n) is 2.88. The Morgan fingerprint density at radius 3 is 2.95 bits per heavy atom. The third kappa shape index (κ3) is 2.47. The predicted octanol–water partition coefficient (Wildman–Crippen LogP) is 3.07. The Kier molecular flexibility index (Phi) is 3.71. The van der Waals surface area contributed by atoms with Crippen LogP contribution in [-0.2, 0) is 12.8 Å². The highest BCUT2D eigenvalue weighted by molar-refractivity contribution is 9.10. The monoisotopic (exact) mass is 319 g/mol. The number of nitrogens with two attached hydrogens (primary N) is 1. The van der Waals surface area contributed by atoms with E-state index in [-0.39, 0.29) is 6.04 Å². The maximum absolute atomic E-state index is 6.02. The Labute approximate surface area is 122 Å². The predicted molar refractivity (Wildman–Crippen MR) is 80.2 cm³/mol. The zero-order chi connectivity index (χ0) is 13.2. The number of fused-ring (bicyclic) bond motifs is 1. The molecule has 0 saturated carbocycles. The molecule has 0 saturated heterocycles. The fourth-order valence-corrected chi connectivity index (χ4v) is 3.30. The molecule has 0 radical (unpaired) electrons. The van der Waals surface area contributed by atoms with Crippen molar-refractivity contribution in [3.05, 3.63) is 52.0 Å². The molecule has 1 aliphatic rings. The average Bonchev–Trinajstić information content (AvgIpc) is 2.84. The van der Waals surface area contributed by atoms with Crippen molar-refractivity contribution in [2.24, 2.45) is 5.73 Å². The van der Waals surface area contributed by atoms with Gasteiger partial charge in [-0.1, -0.05) is 28.1 Å². The summed E-state index contributed by atoms with van der Waals surface area (Å²) in [6.45, 7) is 0.596. The van der Waals surface area contributed by atoms with Crippen molar-refractivity contribution < 1.29 is 0 Å². The summed E-state index contributed by atoms with van der Waals surface area (Å²) in [4.78, 5) is 4.57. The van der Waals surface area contributed by atoms with Crippen molar-refractivity contribution in [2.45, 2.75) is 31.7 Å². The molecule has 0 spiro atoms. The van der Waals surface area contributed by atoms with Crippen LogP contribution in [0.1, 0.15) is 35.8 Å². The van der Waals surface area contributed by atoms with Crippen molar-refractivity contribution in [2.75, 3.05) is 6.54 Å². The van der Waals surface area contributed by atoms with E-state index in [1.165, 1.54) is 29.8 Å². The molecule has 1 aromatic heterocycles. The summed E-state index contributed by atoms with van der Waals surface area (Å²) < 4.78 is 3.37. The number of rotatable bonds is 3.